The highest BCUT2D eigenvalue weighted by atomic mass is 16.5. The molecule has 0 aliphatic carbocycles. The van der Waals surface area contributed by atoms with Crippen molar-refractivity contribution in [1.82, 2.24) is 5.16 Å². The van der Waals surface area contributed by atoms with Crippen molar-refractivity contribution in [2.45, 2.75) is 6.92 Å². The van der Waals surface area contributed by atoms with Crippen LogP contribution in [0.2, 0.25) is 0 Å². The average Bonchev–Trinajstić information content (AvgIpc) is 2.75. The Labute approximate surface area is 98.8 Å². The van der Waals surface area contributed by atoms with Crippen molar-refractivity contribution in [3.63, 3.8) is 0 Å². The molecule has 2 N–H and O–H groups in total. The number of anilines is 2. The number of aromatic nitrogens is 1. The summed E-state index contributed by atoms with van der Waals surface area (Å²) in [6.45, 7) is 1.78. The maximum atomic E-state index is 12.1. The molecule has 1 aromatic heterocycles. The Bertz CT molecular complexity index is 531. The number of benzene rings is 1. The Morgan fingerprint density at radius 2 is 2.00 bits per heavy atom. The number of hydrogen-bond donors (Lipinski definition) is 1. The van der Waals surface area contributed by atoms with E-state index in [0.717, 1.165) is 0 Å². The topological polar surface area (TPSA) is 72.4 Å². The van der Waals surface area contributed by atoms with Gasteiger partial charge in [0.2, 0.25) is 0 Å². The monoisotopic (exact) mass is 231 g/mol. The molecule has 5 nitrogen and oxygen atoms in total. The average molecular weight is 231 g/mol. The zero-order chi connectivity index (χ0) is 12.4. The van der Waals surface area contributed by atoms with Gasteiger partial charge < -0.3 is 10.3 Å². The summed E-state index contributed by atoms with van der Waals surface area (Å²) in [7, 11) is 1.65. The summed E-state index contributed by atoms with van der Waals surface area (Å²) in [6, 6.07) is 8.45. The summed E-state index contributed by atoms with van der Waals surface area (Å²) >= 11 is 0. The van der Waals surface area contributed by atoms with E-state index in [1.807, 2.05) is 0 Å². The summed E-state index contributed by atoms with van der Waals surface area (Å²) < 4.78 is 4.93. The predicted molar refractivity (Wildman–Crippen MR) is 64.8 cm³/mol. The standard InChI is InChI=1S/C12H13N3O2/c1-8-7-11(14-17-8)15(2)12(16)9-3-5-10(13)6-4-9/h3-7H,13H2,1-2H3. The number of hydrogen-bond acceptors (Lipinski definition) is 4. The molecule has 0 atom stereocenters. The second-order valence-corrected chi connectivity index (χ2v) is 3.78. The molecule has 2 aromatic rings. The molecule has 1 amide bonds. The van der Waals surface area contributed by atoms with E-state index in [1.165, 1.54) is 4.90 Å². The van der Waals surface area contributed by atoms with Gasteiger partial charge in [-0.1, -0.05) is 5.16 Å². The van der Waals surface area contributed by atoms with Crippen LogP contribution in [0.3, 0.4) is 0 Å². The van der Waals surface area contributed by atoms with Gasteiger partial charge in [-0.05, 0) is 31.2 Å². The SMILES string of the molecule is Cc1cc(N(C)C(=O)c2ccc(N)cc2)no1. The van der Waals surface area contributed by atoms with E-state index in [-0.39, 0.29) is 5.91 Å². The van der Waals surface area contributed by atoms with Crippen molar-refractivity contribution >= 4 is 17.4 Å². The highest BCUT2D eigenvalue weighted by Crippen LogP contribution is 2.15. The highest BCUT2D eigenvalue weighted by Gasteiger charge is 2.16. The number of nitrogens with two attached hydrogens (primary N) is 1. The fraction of sp³-hybridized carbons (Fsp3) is 0.167. The van der Waals surface area contributed by atoms with Crippen molar-refractivity contribution in [2.24, 2.45) is 0 Å². The van der Waals surface area contributed by atoms with Crippen LogP contribution in [0, 0.1) is 6.92 Å². The van der Waals surface area contributed by atoms with E-state index in [0.29, 0.717) is 22.8 Å². The molecule has 0 aliphatic rings. The van der Waals surface area contributed by atoms with E-state index in [1.54, 1.807) is 44.3 Å². The van der Waals surface area contributed by atoms with Crippen molar-refractivity contribution < 1.29 is 9.32 Å². The second kappa shape index (κ2) is 4.29. The largest absolute Gasteiger partial charge is 0.399 e. The van der Waals surface area contributed by atoms with E-state index in [9.17, 15) is 4.79 Å². The number of nitrogens with zero attached hydrogens (tertiary/aromatic N) is 2. The van der Waals surface area contributed by atoms with E-state index in [4.69, 9.17) is 10.3 Å². The Balaban J connectivity index is 2.23. The number of amides is 1. The lowest BCUT2D eigenvalue weighted by atomic mass is 10.2. The minimum Gasteiger partial charge on any atom is -0.399 e. The molecule has 0 saturated carbocycles. The summed E-state index contributed by atoms with van der Waals surface area (Å²) in [4.78, 5) is 13.5. The molecule has 17 heavy (non-hydrogen) atoms. The molecule has 2 rings (SSSR count). The Hall–Kier alpha value is -2.30. The molecule has 0 spiro atoms. The first-order valence-electron chi connectivity index (χ1n) is 5.15. The lowest BCUT2D eigenvalue weighted by Gasteiger charge is -2.13. The first-order valence-corrected chi connectivity index (χ1v) is 5.15. The Morgan fingerprint density at radius 3 is 2.53 bits per heavy atom. The van der Waals surface area contributed by atoms with Crippen molar-refractivity contribution in [2.75, 3.05) is 17.7 Å². The van der Waals surface area contributed by atoms with Gasteiger partial charge in [-0.15, -0.1) is 0 Å². The van der Waals surface area contributed by atoms with Crippen molar-refractivity contribution in [1.29, 1.82) is 0 Å². The van der Waals surface area contributed by atoms with Gasteiger partial charge in [0, 0.05) is 24.4 Å². The molecule has 1 aromatic carbocycles. The number of nitrogen functional groups attached to an aromatic ring is 1. The first-order chi connectivity index (χ1) is 8.08. The van der Waals surface area contributed by atoms with E-state index >= 15 is 0 Å². The number of carbonyl (C=O) groups excluding carboxylic acids is 1. The van der Waals surface area contributed by atoms with Gasteiger partial charge in [0.1, 0.15) is 5.76 Å². The molecular weight excluding hydrogens is 218 g/mol. The maximum Gasteiger partial charge on any atom is 0.259 e. The minimum atomic E-state index is -0.154. The van der Waals surface area contributed by atoms with Crippen LogP contribution in [-0.2, 0) is 0 Å². The van der Waals surface area contributed by atoms with Crippen LogP contribution < -0.4 is 10.6 Å². The Morgan fingerprint density at radius 1 is 1.35 bits per heavy atom. The van der Waals surface area contributed by atoms with Crippen LogP contribution in [0.15, 0.2) is 34.9 Å². The van der Waals surface area contributed by atoms with Gasteiger partial charge >= 0.3 is 0 Å². The third-order valence-electron chi connectivity index (χ3n) is 2.42. The molecule has 1 heterocycles. The molecule has 0 unspecified atom stereocenters. The summed E-state index contributed by atoms with van der Waals surface area (Å²) in [6.07, 6.45) is 0. The highest BCUT2D eigenvalue weighted by molar-refractivity contribution is 6.05. The number of aryl methyl sites for hydroxylation is 1. The number of carbonyl (C=O) groups is 1. The van der Waals surface area contributed by atoms with Gasteiger partial charge in [-0.2, -0.15) is 0 Å². The van der Waals surface area contributed by atoms with Gasteiger partial charge in [0.05, 0.1) is 0 Å². The number of rotatable bonds is 2. The molecular formula is C12H13N3O2. The van der Waals surface area contributed by atoms with Gasteiger partial charge in [-0.25, -0.2) is 0 Å². The van der Waals surface area contributed by atoms with E-state index in [2.05, 4.69) is 5.16 Å². The predicted octanol–water partition coefficient (Wildman–Crippen LogP) is 1.84. The van der Waals surface area contributed by atoms with Crippen molar-refractivity contribution in [3.8, 4) is 0 Å². The smallest absolute Gasteiger partial charge is 0.259 e. The molecule has 5 heteroatoms. The lowest BCUT2D eigenvalue weighted by molar-refractivity contribution is 0.0991. The van der Waals surface area contributed by atoms with Crippen LogP contribution in [0.1, 0.15) is 16.1 Å². The Kier molecular flexibility index (Phi) is 2.82. The fourth-order valence-electron chi connectivity index (χ4n) is 1.43. The minimum absolute atomic E-state index is 0.154. The van der Waals surface area contributed by atoms with Crippen LogP contribution in [0.25, 0.3) is 0 Å². The maximum absolute atomic E-state index is 12.1. The quantitative estimate of drug-likeness (QED) is 0.800. The molecule has 0 aliphatic heterocycles. The summed E-state index contributed by atoms with van der Waals surface area (Å²) in [5.74, 6) is 1.000. The molecule has 88 valence electrons. The lowest BCUT2D eigenvalue weighted by Crippen LogP contribution is -2.26. The van der Waals surface area contributed by atoms with Gasteiger partial charge in [0.15, 0.2) is 5.82 Å². The van der Waals surface area contributed by atoms with Gasteiger partial charge in [0.25, 0.3) is 5.91 Å². The normalized spacial score (nSPS) is 10.2. The second-order valence-electron chi connectivity index (χ2n) is 3.78. The third kappa shape index (κ3) is 2.28. The van der Waals surface area contributed by atoms with Crippen LogP contribution >= 0.6 is 0 Å². The zero-order valence-electron chi connectivity index (χ0n) is 9.68. The van der Waals surface area contributed by atoms with Gasteiger partial charge in [-0.3, -0.25) is 9.69 Å². The van der Waals surface area contributed by atoms with Crippen LogP contribution in [0.4, 0.5) is 11.5 Å². The zero-order valence-corrected chi connectivity index (χ0v) is 9.68. The first kappa shape index (κ1) is 11.2. The third-order valence-corrected chi connectivity index (χ3v) is 2.42. The molecule has 0 saturated heterocycles. The van der Waals surface area contributed by atoms with Crippen LogP contribution in [-0.4, -0.2) is 18.1 Å². The molecule has 0 fully saturated rings. The molecule has 0 bridgehead atoms. The van der Waals surface area contributed by atoms with Crippen molar-refractivity contribution in [3.05, 3.63) is 41.7 Å². The summed E-state index contributed by atoms with van der Waals surface area (Å²) in [5.41, 5.74) is 6.75. The summed E-state index contributed by atoms with van der Waals surface area (Å²) in [5, 5.41) is 3.79. The van der Waals surface area contributed by atoms with Crippen LogP contribution in [0.5, 0.6) is 0 Å². The molecule has 0 radical (unpaired) electrons. The van der Waals surface area contributed by atoms with E-state index < -0.39 is 0 Å². The fourth-order valence-corrected chi connectivity index (χ4v) is 1.43.